The average Bonchev–Trinajstić information content (AvgIpc) is 2.47. The van der Waals surface area contributed by atoms with Gasteiger partial charge in [0.2, 0.25) is 5.91 Å². The molecule has 0 aromatic heterocycles. The molecule has 1 atom stereocenters. The molecular weight excluding hydrogens is 276 g/mol. The Kier molecular flexibility index (Phi) is 8.26. The van der Waals surface area contributed by atoms with Crippen LogP contribution in [0.4, 0.5) is 0 Å². The number of rotatable bonds is 9. The number of amides is 2. The summed E-state index contributed by atoms with van der Waals surface area (Å²) < 4.78 is 0. The molecule has 1 rings (SSSR count). The van der Waals surface area contributed by atoms with Crippen LogP contribution in [0.25, 0.3) is 0 Å². The zero-order valence-corrected chi connectivity index (χ0v) is 13.9. The van der Waals surface area contributed by atoms with E-state index in [1.165, 1.54) is 6.42 Å². The minimum Gasteiger partial charge on any atom is -0.354 e. The maximum Gasteiger partial charge on any atom is 0.251 e. The van der Waals surface area contributed by atoms with Crippen molar-refractivity contribution in [2.24, 2.45) is 5.92 Å². The van der Waals surface area contributed by atoms with Crippen molar-refractivity contribution >= 4 is 11.8 Å². The predicted molar refractivity (Wildman–Crippen MR) is 89.7 cm³/mol. The highest BCUT2D eigenvalue weighted by Gasteiger charge is 2.09. The van der Waals surface area contributed by atoms with Crippen molar-refractivity contribution < 1.29 is 9.59 Å². The second kappa shape index (κ2) is 9.98. The van der Waals surface area contributed by atoms with Crippen molar-refractivity contribution in [2.75, 3.05) is 6.54 Å². The van der Waals surface area contributed by atoms with Crippen molar-refractivity contribution in [1.82, 2.24) is 10.6 Å². The topological polar surface area (TPSA) is 58.2 Å². The molecule has 4 nitrogen and oxygen atoms in total. The van der Waals surface area contributed by atoms with E-state index >= 15 is 0 Å². The van der Waals surface area contributed by atoms with Crippen molar-refractivity contribution in [2.45, 2.75) is 52.5 Å². The fourth-order valence-corrected chi connectivity index (χ4v) is 2.23. The molecule has 0 heterocycles. The summed E-state index contributed by atoms with van der Waals surface area (Å²) in [6, 6.07) is 9.21. The van der Waals surface area contributed by atoms with Gasteiger partial charge < -0.3 is 10.6 Å². The third-order valence-corrected chi connectivity index (χ3v) is 3.50. The Morgan fingerprint density at radius 1 is 1.05 bits per heavy atom. The van der Waals surface area contributed by atoms with Gasteiger partial charge >= 0.3 is 0 Å². The third-order valence-electron chi connectivity index (χ3n) is 3.50. The second-order valence-electron chi connectivity index (χ2n) is 6.17. The zero-order valence-electron chi connectivity index (χ0n) is 13.9. The van der Waals surface area contributed by atoms with Crippen LogP contribution in [0, 0.1) is 5.92 Å². The fourth-order valence-electron chi connectivity index (χ4n) is 2.23. The minimum absolute atomic E-state index is 0.00888. The zero-order chi connectivity index (χ0) is 16.4. The predicted octanol–water partition coefficient (Wildman–Crippen LogP) is 3.14. The summed E-state index contributed by atoms with van der Waals surface area (Å²) in [6.07, 6.45) is 3.63. The first-order chi connectivity index (χ1) is 10.5. The number of carbonyl (C=O) groups excluding carboxylic acids is 2. The summed E-state index contributed by atoms with van der Waals surface area (Å²) in [5.41, 5.74) is 0.616. The monoisotopic (exact) mass is 304 g/mol. The highest BCUT2D eigenvalue weighted by Crippen LogP contribution is 2.08. The highest BCUT2D eigenvalue weighted by molar-refractivity contribution is 5.94. The molecule has 0 saturated carbocycles. The average molecular weight is 304 g/mol. The standard InChI is InChI=1S/C18H28N2O2/c1-14(2)8-7-9-15(3)20-17(21)12-13-19-18(22)16-10-5-4-6-11-16/h4-6,10-11,14-15H,7-9,12-13H2,1-3H3,(H,19,22)(H,20,21)/t15-/m1/s1. The Balaban J connectivity index is 2.16. The van der Waals surface area contributed by atoms with Crippen LogP contribution < -0.4 is 10.6 Å². The lowest BCUT2D eigenvalue weighted by Gasteiger charge is -2.14. The smallest absolute Gasteiger partial charge is 0.251 e. The van der Waals surface area contributed by atoms with Gasteiger partial charge in [-0.25, -0.2) is 0 Å². The largest absolute Gasteiger partial charge is 0.354 e. The van der Waals surface area contributed by atoms with Gasteiger partial charge in [-0.3, -0.25) is 9.59 Å². The Hall–Kier alpha value is -1.84. The normalized spacial score (nSPS) is 12.0. The summed E-state index contributed by atoms with van der Waals surface area (Å²) >= 11 is 0. The van der Waals surface area contributed by atoms with Crippen molar-refractivity contribution in [3.8, 4) is 0 Å². The van der Waals surface area contributed by atoms with E-state index in [-0.39, 0.29) is 17.9 Å². The molecular formula is C18H28N2O2. The molecule has 2 N–H and O–H groups in total. The van der Waals surface area contributed by atoms with E-state index in [1.807, 2.05) is 25.1 Å². The molecule has 0 fully saturated rings. The Labute approximate surface area is 133 Å². The summed E-state index contributed by atoms with van der Waals surface area (Å²) in [6.45, 7) is 6.80. The Bertz CT molecular complexity index is 457. The lowest BCUT2D eigenvalue weighted by atomic mass is 10.0. The van der Waals surface area contributed by atoms with Crippen molar-refractivity contribution in [3.05, 3.63) is 35.9 Å². The molecule has 0 radical (unpaired) electrons. The molecule has 0 aliphatic heterocycles. The number of carbonyl (C=O) groups is 2. The van der Waals surface area contributed by atoms with Gasteiger partial charge in [0, 0.05) is 24.6 Å². The van der Waals surface area contributed by atoms with Gasteiger partial charge in [-0.15, -0.1) is 0 Å². The molecule has 0 aliphatic carbocycles. The van der Waals surface area contributed by atoms with Crippen LogP contribution in [-0.2, 0) is 4.79 Å². The summed E-state index contributed by atoms with van der Waals surface area (Å²) in [7, 11) is 0. The maximum atomic E-state index is 11.8. The van der Waals surface area contributed by atoms with Crippen molar-refractivity contribution in [1.29, 1.82) is 0 Å². The van der Waals surface area contributed by atoms with E-state index < -0.39 is 0 Å². The molecule has 2 amide bonds. The van der Waals surface area contributed by atoms with Gasteiger partial charge in [-0.1, -0.05) is 44.9 Å². The van der Waals surface area contributed by atoms with Crippen LogP contribution in [0.15, 0.2) is 30.3 Å². The van der Waals surface area contributed by atoms with Gasteiger partial charge in [0.15, 0.2) is 0 Å². The minimum atomic E-state index is -0.140. The second-order valence-corrected chi connectivity index (χ2v) is 6.17. The molecule has 4 heteroatoms. The van der Waals surface area contributed by atoms with Crippen molar-refractivity contribution in [3.63, 3.8) is 0 Å². The van der Waals surface area contributed by atoms with Gasteiger partial charge in [0.25, 0.3) is 5.91 Å². The molecule has 0 unspecified atom stereocenters. The first-order valence-corrected chi connectivity index (χ1v) is 8.11. The molecule has 122 valence electrons. The van der Waals surface area contributed by atoms with Gasteiger partial charge in [-0.05, 0) is 31.4 Å². The van der Waals surface area contributed by atoms with Gasteiger partial charge in [0.05, 0.1) is 0 Å². The molecule has 1 aromatic carbocycles. The third kappa shape index (κ3) is 7.81. The van der Waals surface area contributed by atoms with Crippen LogP contribution in [0.1, 0.15) is 56.8 Å². The summed E-state index contributed by atoms with van der Waals surface area (Å²) in [5.74, 6) is 0.555. The first kappa shape index (κ1) is 18.2. The SMILES string of the molecule is CC(C)CCC[C@@H](C)NC(=O)CCNC(=O)c1ccccc1. The van der Waals surface area contributed by atoms with E-state index in [0.29, 0.717) is 24.4 Å². The Morgan fingerprint density at radius 3 is 2.36 bits per heavy atom. The Morgan fingerprint density at radius 2 is 1.73 bits per heavy atom. The van der Waals surface area contributed by atoms with E-state index in [9.17, 15) is 9.59 Å². The quantitative estimate of drug-likeness (QED) is 0.736. The van der Waals surface area contributed by atoms with E-state index in [4.69, 9.17) is 0 Å². The maximum absolute atomic E-state index is 11.8. The van der Waals surface area contributed by atoms with Gasteiger partial charge in [-0.2, -0.15) is 0 Å². The number of hydrogen-bond donors (Lipinski definition) is 2. The summed E-state index contributed by atoms with van der Waals surface area (Å²) in [5, 5.41) is 5.74. The van der Waals surface area contributed by atoms with E-state index in [1.54, 1.807) is 12.1 Å². The van der Waals surface area contributed by atoms with E-state index in [0.717, 1.165) is 12.8 Å². The highest BCUT2D eigenvalue weighted by atomic mass is 16.2. The first-order valence-electron chi connectivity index (χ1n) is 8.11. The fraction of sp³-hybridized carbons (Fsp3) is 0.556. The van der Waals surface area contributed by atoms with E-state index in [2.05, 4.69) is 24.5 Å². The molecule has 0 saturated heterocycles. The molecule has 0 aliphatic rings. The molecule has 0 spiro atoms. The van der Waals surface area contributed by atoms with Crippen LogP contribution in [-0.4, -0.2) is 24.4 Å². The lowest BCUT2D eigenvalue weighted by Crippen LogP contribution is -2.35. The number of hydrogen-bond acceptors (Lipinski definition) is 2. The molecule has 1 aromatic rings. The van der Waals surface area contributed by atoms with Crippen LogP contribution >= 0.6 is 0 Å². The molecule has 22 heavy (non-hydrogen) atoms. The number of benzene rings is 1. The van der Waals surface area contributed by atoms with Crippen LogP contribution in [0.3, 0.4) is 0 Å². The summed E-state index contributed by atoms with van der Waals surface area (Å²) in [4.78, 5) is 23.6. The lowest BCUT2D eigenvalue weighted by molar-refractivity contribution is -0.121. The van der Waals surface area contributed by atoms with Crippen LogP contribution in [0.5, 0.6) is 0 Å². The molecule has 0 bridgehead atoms. The number of nitrogens with one attached hydrogen (secondary N) is 2. The van der Waals surface area contributed by atoms with Crippen LogP contribution in [0.2, 0.25) is 0 Å². The van der Waals surface area contributed by atoms with Gasteiger partial charge in [0.1, 0.15) is 0 Å².